The van der Waals surface area contributed by atoms with Crippen molar-refractivity contribution < 1.29 is 0 Å². The molecule has 20 aromatic carbocycles. The molecule has 0 saturated carbocycles. The fourth-order valence-corrected chi connectivity index (χ4v) is 24.3. The van der Waals surface area contributed by atoms with E-state index >= 15 is 0 Å². The molecule has 8 heteroatoms. The summed E-state index contributed by atoms with van der Waals surface area (Å²) in [6, 6.07) is 139. The lowest BCUT2D eigenvalue weighted by Crippen LogP contribution is -2.11. The second-order valence-corrected chi connectivity index (χ2v) is 45.3. The maximum Gasteiger partial charge on any atom is 0.0464 e. The average molecular weight is 2260 g/mol. The van der Waals surface area contributed by atoms with E-state index in [0.29, 0.717) is 0 Å². The predicted molar refractivity (Wildman–Crippen MR) is 668 cm³/mol. The molecule has 0 unspecified atom stereocenters. The van der Waals surface area contributed by atoms with E-state index < -0.39 is 0 Å². The Kier molecular flexibility index (Phi) is 32.2. The van der Waals surface area contributed by atoms with Gasteiger partial charge in [-0.25, -0.2) is 0 Å². The first kappa shape index (κ1) is 106. The van der Waals surface area contributed by atoms with Gasteiger partial charge in [0.25, 0.3) is 0 Å². The van der Waals surface area contributed by atoms with Gasteiger partial charge >= 0.3 is 0 Å². The van der Waals surface area contributed by atoms with E-state index in [1.807, 2.05) is 0 Å². The third-order valence-corrected chi connectivity index (χ3v) is 31.7. The lowest BCUT2D eigenvalue weighted by Gasteiger charge is -2.28. The van der Waals surface area contributed by atoms with Crippen molar-refractivity contribution in [1.29, 1.82) is 0 Å². The number of anilines is 10. The number of halogens is 4. The molecular weight excluding hydrogens is 2130 g/mol. The Hall–Kier alpha value is -14.2. The molecule has 0 heterocycles. The first-order valence-electron chi connectivity index (χ1n) is 51.8. The van der Waals surface area contributed by atoms with Gasteiger partial charge in [0, 0.05) is 73.9 Å². The smallest absolute Gasteiger partial charge is 0.0464 e. The molecule has 0 aliphatic heterocycles. The van der Waals surface area contributed by atoms with Gasteiger partial charge in [-0.2, -0.15) is 0 Å². The molecule has 0 atom stereocenters. The molecule has 0 fully saturated rings. The van der Waals surface area contributed by atoms with Crippen molar-refractivity contribution in [2.75, 3.05) is 20.4 Å². The third kappa shape index (κ3) is 23.6. The molecule has 746 valence electrons. The molecule has 0 aliphatic carbocycles. The number of hydrogen-bond donors (Lipinski definition) is 2. The summed E-state index contributed by atoms with van der Waals surface area (Å²) < 4.78 is 4.64. The van der Waals surface area contributed by atoms with Crippen molar-refractivity contribution in [1.82, 2.24) is 0 Å². The highest BCUT2D eigenvalue weighted by atomic mass is 127. The van der Waals surface area contributed by atoms with Crippen LogP contribution in [0, 0.1) is 156 Å². The number of nitrogens with zero attached hydrogens (tertiary/aromatic N) is 2. The summed E-state index contributed by atoms with van der Waals surface area (Å²) in [5.74, 6) is 0. The lowest BCUT2D eigenvalue weighted by atomic mass is 9.88. The van der Waals surface area contributed by atoms with Crippen molar-refractivity contribution >= 4 is 127 Å². The Labute approximate surface area is 929 Å². The van der Waals surface area contributed by atoms with Crippen molar-refractivity contribution in [2.24, 2.45) is 0 Å². The van der Waals surface area contributed by atoms with E-state index in [1.54, 1.807) is 0 Å². The fraction of sp³-hybridized carbons (Fsp3) is 0.155. The van der Waals surface area contributed by atoms with Gasteiger partial charge in [-0.05, 0) is 567 Å². The summed E-state index contributed by atoms with van der Waals surface area (Å²) in [6.45, 7) is 48.4. The summed E-state index contributed by atoms with van der Waals surface area (Å²) in [4.78, 5) is 4.82. The Bertz CT molecular complexity index is 7970. The molecule has 20 aromatic rings. The molecule has 150 heavy (non-hydrogen) atoms. The SMILES string of the molecule is Cc1cc(Br)cc(C)c1-c1ccc(I)cc1.Cc1ccc(-c2ccc(N(c3ccc(-c4c(C)cc(Br)cc4C)cc3)c3ccc(-c4cc(C)c(-c5ccc(N(c6ccc(-c7c(C)cc(Br)cc7C)cc6)c6ccc(-c7ccc(C)cc7)c(C)c6)cc5C)cc4C)c(C)c3)cc2C)cc1.Cc1ccc(-c2ccc(Nc3ccc(-c4cc(C)c(-c5ccc(Nc6ccc(-c7ccc(C)cc7)c(C)c6)cc5C)cc4C)c(C)c3)cc2C)cc1. The first-order valence-corrected chi connectivity index (χ1v) is 55.2. The van der Waals surface area contributed by atoms with Crippen LogP contribution in [0.15, 0.2) is 390 Å². The van der Waals surface area contributed by atoms with Gasteiger partial charge in [0.2, 0.25) is 0 Å². The van der Waals surface area contributed by atoms with Crippen LogP contribution in [0.4, 0.5) is 56.9 Å². The van der Waals surface area contributed by atoms with Crippen molar-refractivity contribution in [3.8, 4) is 122 Å². The second kappa shape index (κ2) is 45.7. The van der Waals surface area contributed by atoms with E-state index in [0.717, 1.165) is 70.3 Å². The molecule has 2 N–H and O–H groups in total. The molecule has 0 aliphatic rings. The minimum atomic E-state index is 1.09. The van der Waals surface area contributed by atoms with Crippen LogP contribution in [-0.2, 0) is 0 Å². The predicted octanol–water partition coefficient (Wildman–Crippen LogP) is 43.5. The average Bonchev–Trinajstić information content (AvgIpc) is 0.745. The van der Waals surface area contributed by atoms with E-state index in [2.05, 4.69) is 619 Å². The second-order valence-electron chi connectivity index (χ2n) is 41.3. The number of aryl methyl sites for hydroxylation is 22. The monoisotopic (exact) mass is 2250 g/mol. The lowest BCUT2D eigenvalue weighted by molar-refractivity contribution is 1.25. The molecule has 0 amide bonds. The third-order valence-electron chi connectivity index (χ3n) is 29.6. The maximum absolute atomic E-state index is 3.71. The fourth-order valence-electron chi connectivity index (χ4n) is 21.8. The van der Waals surface area contributed by atoms with Gasteiger partial charge in [0.15, 0.2) is 0 Å². The molecule has 4 nitrogen and oxygen atoms in total. The Morgan fingerprint density at radius 3 is 0.540 bits per heavy atom. The van der Waals surface area contributed by atoms with Crippen LogP contribution in [0.1, 0.15) is 122 Å². The minimum Gasteiger partial charge on any atom is -0.356 e. The van der Waals surface area contributed by atoms with Crippen LogP contribution in [0.3, 0.4) is 0 Å². The quantitative estimate of drug-likeness (QED) is 0.0702. The van der Waals surface area contributed by atoms with Crippen LogP contribution < -0.4 is 20.4 Å². The highest BCUT2D eigenvalue weighted by Gasteiger charge is 2.25. The Balaban J connectivity index is 0.000000182. The number of benzene rings is 20. The standard InChI is InChI=1S/C78H70Br2N2.C50H48N2.C14H12BrI/c1-47-13-17-59(18-14-47)71-33-29-67(41-49(71)3)81(65-25-21-61(22-26-65)77-55(9)37-63(79)38-56(77)10)69-31-35-73(51(5)43-69)75-45-54(8)76(46-53(75)7)74-36-32-70(44-52(74)6)82(68-30-34-72(50(4)42-68)60-19-15-48(2)16-20-60)66-27-23-62(24-28-66)78-57(11)39-64(80)40-58(78)12;1-31-9-13-39(14-10-31)45-21-17-41(25-33(45)3)51-43-19-23-47(35(5)27-43)49-29-38(8)50(30-37(49)7)48-24-20-44(28-36(48)6)52-42-18-22-46(34(4)26-42)40-15-11-32(2)12-16-40;1-9-7-12(15)8-10(2)14(9)11-3-5-13(16)6-4-11/h13-46H,1-12H3;9-30,51-52H,1-8H3;3-8H,1-2H3. The molecule has 0 saturated heterocycles. The molecule has 0 bridgehead atoms. The molecule has 20 rings (SSSR count). The molecular formula is C142H130Br3IN4. The summed E-state index contributed by atoms with van der Waals surface area (Å²) in [5, 5.41) is 7.29. The summed E-state index contributed by atoms with van der Waals surface area (Å²) >= 11 is 13.3. The van der Waals surface area contributed by atoms with Crippen molar-refractivity contribution in [2.45, 2.75) is 152 Å². The normalized spacial score (nSPS) is 11.1. The van der Waals surface area contributed by atoms with Gasteiger partial charge in [-0.15, -0.1) is 0 Å². The van der Waals surface area contributed by atoms with Crippen LogP contribution in [0.25, 0.3) is 122 Å². The zero-order valence-electron chi connectivity index (χ0n) is 90.2. The number of hydrogen-bond acceptors (Lipinski definition) is 4. The van der Waals surface area contributed by atoms with E-state index in [1.165, 1.54) is 248 Å². The summed E-state index contributed by atoms with van der Waals surface area (Å²) in [7, 11) is 0. The van der Waals surface area contributed by atoms with E-state index in [-0.39, 0.29) is 0 Å². The largest absolute Gasteiger partial charge is 0.356 e. The van der Waals surface area contributed by atoms with Crippen LogP contribution in [0.2, 0.25) is 0 Å². The Morgan fingerprint density at radius 1 is 0.153 bits per heavy atom. The van der Waals surface area contributed by atoms with Crippen molar-refractivity contribution in [3.63, 3.8) is 0 Å². The number of nitrogens with one attached hydrogen (secondary N) is 2. The topological polar surface area (TPSA) is 30.5 Å². The first-order chi connectivity index (χ1) is 72.0. The maximum atomic E-state index is 3.71. The van der Waals surface area contributed by atoms with Crippen LogP contribution >= 0.6 is 70.4 Å². The van der Waals surface area contributed by atoms with Crippen LogP contribution in [-0.4, -0.2) is 0 Å². The van der Waals surface area contributed by atoms with Gasteiger partial charge in [-0.1, -0.05) is 276 Å². The van der Waals surface area contributed by atoms with Gasteiger partial charge < -0.3 is 20.4 Å². The minimum absolute atomic E-state index is 1.09. The zero-order valence-corrected chi connectivity index (χ0v) is 97.1. The molecule has 0 radical (unpaired) electrons. The van der Waals surface area contributed by atoms with Gasteiger partial charge in [-0.3, -0.25) is 0 Å². The van der Waals surface area contributed by atoms with Crippen LogP contribution in [0.5, 0.6) is 0 Å². The summed E-state index contributed by atoms with van der Waals surface area (Å²) in [6.07, 6.45) is 0. The highest BCUT2D eigenvalue weighted by Crippen LogP contribution is 2.48. The van der Waals surface area contributed by atoms with Crippen molar-refractivity contribution in [3.05, 3.63) is 515 Å². The van der Waals surface area contributed by atoms with Gasteiger partial charge in [0.05, 0.1) is 0 Å². The molecule has 0 spiro atoms. The highest BCUT2D eigenvalue weighted by molar-refractivity contribution is 14.1. The Morgan fingerprint density at radius 2 is 0.327 bits per heavy atom. The summed E-state index contributed by atoms with van der Waals surface area (Å²) in [5.41, 5.74) is 66.5. The van der Waals surface area contributed by atoms with E-state index in [4.69, 9.17) is 0 Å². The van der Waals surface area contributed by atoms with E-state index in [9.17, 15) is 0 Å². The number of rotatable bonds is 21. The van der Waals surface area contributed by atoms with Gasteiger partial charge in [0.1, 0.15) is 0 Å². The molecule has 0 aromatic heterocycles. The zero-order chi connectivity index (χ0) is 106.